The van der Waals surface area contributed by atoms with Crippen LogP contribution in [0.2, 0.25) is 0 Å². The smallest absolute Gasteiger partial charge is 0.112 e. The van der Waals surface area contributed by atoms with E-state index in [-0.39, 0.29) is 17.2 Å². The van der Waals surface area contributed by atoms with Crippen LogP contribution in [0.25, 0.3) is 6.08 Å². The number of hydrogen-bond donors (Lipinski definition) is 2. The number of aromatic nitrogens is 1. The molecule has 3 nitrogen and oxygen atoms in total. The van der Waals surface area contributed by atoms with Gasteiger partial charge in [-0.05, 0) is 17.5 Å². The minimum Gasteiger partial charge on any atom is -0.511 e. The van der Waals surface area contributed by atoms with Crippen LogP contribution in [0, 0.1) is 5.41 Å². The first-order valence-corrected chi connectivity index (χ1v) is 4.98. The standard InChI is InChI=1S/C12H18N2O/c1-12(2,3)11(13)10(15)8-9-6-4-5-7-14-9/h4-8,11,15H,13H2,1-3H3/b10-8+/t11-/m1/s1. The molecule has 0 saturated heterocycles. The van der Waals surface area contributed by atoms with Crippen molar-refractivity contribution in [1.82, 2.24) is 4.98 Å². The Balaban J connectivity index is 2.86. The Morgan fingerprint density at radius 3 is 2.60 bits per heavy atom. The molecule has 1 heterocycles. The van der Waals surface area contributed by atoms with Crippen molar-refractivity contribution >= 4 is 6.08 Å². The molecule has 0 bridgehead atoms. The number of aliphatic hydroxyl groups excluding tert-OH is 1. The maximum absolute atomic E-state index is 9.80. The van der Waals surface area contributed by atoms with Gasteiger partial charge in [0.25, 0.3) is 0 Å². The molecule has 1 aromatic heterocycles. The molecular weight excluding hydrogens is 188 g/mol. The molecule has 0 unspecified atom stereocenters. The zero-order valence-electron chi connectivity index (χ0n) is 9.44. The lowest BCUT2D eigenvalue weighted by molar-refractivity contribution is 0.266. The highest BCUT2D eigenvalue weighted by Gasteiger charge is 2.23. The fraction of sp³-hybridized carbons (Fsp3) is 0.417. The van der Waals surface area contributed by atoms with Crippen molar-refractivity contribution in [3.05, 3.63) is 35.8 Å². The molecular formula is C12H18N2O. The van der Waals surface area contributed by atoms with Crippen molar-refractivity contribution in [3.8, 4) is 0 Å². The van der Waals surface area contributed by atoms with E-state index in [0.29, 0.717) is 0 Å². The van der Waals surface area contributed by atoms with Crippen LogP contribution in [-0.2, 0) is 0 Å². The summed E-state index contributed by atoms with van der Waals surface area (Å²) in [6.07, 6.45) is 3.29. The van der Waals surface area contributed by atoms with Gasteiger partial charge in [-0.1, -0.05) is 26.8 Å². The highest BCUT2D eigenvalue weighted by molar-refractivity contribution is 5.47. The molecule has 1 aromatic rings. The molecule has 0 spiro atoms. The van der Waals surface area contributed by atoms with Crippen LogP contribution in [0.1, 0.15) is 26.5 Å². The predicted octanol–water partition coefficient (Wildman–Crippen LogP) is 2.35. The van der Waals surface area contributed by atoms with Gasteiger partial charge in [-0.3, -0.25) is 4.98 Å². The lowest BCUT2D eigenvalue weighted by Crippen LogP contribution is -2.36. The molecule has 1 rings (SSSR count). The second-order valence-corrected chi connectivity index (χ2v) is 4.67. The number of pyridine rings is 1. The van der Waals surface area contributed by atoms with Crippen molar-refractivity contribution in [1.29, 1.82) is 0 Å². The van der Waals surface area contributed by atoms with Crippen molar-refractivity contribution in [3.63, 3.8) is 0 Å². The Kier molecular flexibility index (Phi) is 3.48. The van der Waals surface area contributed by atoms with Crippen LogP contribution >= 0.6 is 0 Å². The van der Waals surface area contributed by atoms with Gasteiger partial charge >= 0.3 is 0 Å². The normalized spacial score (nSPS) is 15.1. The monoisotopic (exact) mass is 206 g/mol. The molecule has 82 valence electrons. The molecule has 0 aliphatic rings. The number of rotatable bonds is 2. The van der Waals surface area contributed by atoms with Crippen LogP contribution in [0.4, 0.5) is 0 Å². The highest BCUT2D eigenvalue weighted by Crippen LogP contribution is 2.22. The highest BCUT2D eigenvalue weighted by atomic mass is 16.3. The summed E-state index contributed by atoms with van der Waals surface area (Å²) in [6, 6.07) is 5.15. The zero-order chi connectivity index (χ0) is 11.5. The summed E-state index contributed by atoms with van der Waals surface area (Å²) in [5, 5.41) is 9.80. The van der Waals surface area contributed by atoms with E-state index < -0.39 is 0 Å². The first-order chi connectivity index (χ1) is 6.91. The van der Waals surface area contributed by atoms with E-state index in [1.54, 1.807) is 12.3 Å². The molecule has 0 amide bonds. The SMILES string of the molecule is CC(C)(C)[C@H](N)/C(O)=C\c1ccccn1. The predicted molar refractivity (Wildman–Crippen MR) is 62.3 cm³/mol. The minimum atomic E-state index is -0.375. The summed E-state index contributed by atoms with van der Waals surface area (Å²) in [6.45, 7) is 5.96. The van der Waals surface area contributed by atoms with Gasteiger partial charge in [0, 0.05) is 12.3 Å². The van der Waals surface area contributed by atoms with Crippen LogP contribution < -0.4 is 5.73 Å². The molecule has 3 heteroatoms. The molecule has 0 aromatic carbocycles. The van der Waals surface area contributed by atoms with Crippen molar-refractivity contribution < 1.29 is 5.11 Å². The van der Waals surface area contributed by atoms with Gasteiger partial charge in [-0.15, -0.1) is 0 Å². The third-order valence-corrected chi connectivity index (χ3v) is 2.24. The van der Waals surface area contributed by atoms with E-state index in [9.17, 15) is 5.11 Å². The maximum atomic E-state index is 9.80. The minimum absolute atomic E-state index is 0.157. The van der Waals surface area contributed by atoms with Crippen molar-refractivity contribution in [2.75, 3.05) is 0 Å². The van der Waals surface area contributed by atoms with Gasteiger partial charge in [0.1, 0.15) is 5.76 Å². The van der Waals surface area contributed by atoms with E-state index in [0.717, 1.165) is 5.69 Å². The van der Waals surface area contributed by atoms with Gasteiger partial charge in [-0.25, -0.2) is 0 Å². The molecule has 15 heavy (non-hydrogen) atoms. The summed E-state index contributed by atoms with van der Waals surface area (Å²) in [5.74, 6) is 0.168. The average Bonchev–Trinajstić information content (AvgIpc) is 2.16. The molecule has 0 saturated carbocycles. The first-order valence-electron chi connectivity index (χ1n) is 4.98. The molecule has 0 fully saturated rings. The number of hydrogen-bond acceptors (Lipinski definition) is 3. The fourth-order valence-electron chi connectivity index (χ4n) is 1.15. The first kappa shape index (κ1) is 11.7. The van der Waals surface area contributed by atoms with E-state index in [4.69, 9.17) is 5.73 Å². The molecule has 0 radical (unpaired) electrons. The van der Waals surface area contributed by atoms with Crippen molar-refractivity contribution in [2.24, 2.45) is 11.1 Å². The third-order valence-electron chi connectivity index (χ3n) is 2.24. The Bertz CT molecular complexity index is 338. The third kappa shape index (κ3) is 3.36. The van der Waals surface area contributed by atoms with Gasteiger partial charge in [-0.2, -0.15) is 0 Å². The molecule has 1 atom stereocenters. The number of nitrogens with zero attached hydrogens (tertiary/aromatic N) is 1. The van der Waals surface area contributed by atoms with E-state index >= 15 is 0 Å². The maximum Gasteiger partial charge on any atom is 0.112 e. The Labute approximate surface area is 90.7 Å². The number of aliphatic hydroxyl groups is 1. The second-order valence-electron chi connectivity index (χ2n) is 4.67. The van der Waals surface area contributed by atoms with Crippen LogP contribution in [0.3, 0.4) is 0 Å². The Hall–Kier alpha value is -1.35. The van der Waals surface area contributed by atoms with E-state index in [2.05, 4.69) is 4.98 Å². The lowest BCUT2D eigenvalue weighted by Gasteiger charge is -2.26. The topological polar surface area (TPSA) is 59.1 Å². The van der Waals surface area contributed by atoms with Gasteiger partial charge < -0.3 is 10.8 Å². The quantitative estimate of drug-likeness (QED) is 0.730. The van der Waals surface area contributed by atoms with E-state index in [1.807, 2.05) is 39.0 Å². The van der Waals surface area contributed by atoms with Gasteiger partial charge in [0.05, 0.1) is 11.7 Å². The van der Waals surface area contributed by atoms with Crippen LogP contribution in [0.5, 0.6) is 0 Å². The Morgan fingerprint density at radius 2 is 2.13 bits per heavy atom. The lowest BCUT2D eigenvalue weighted by atomic mass is 9.86. The van der Waals surface area contributed by atoms with Gasteiger partial charge in [0.2, 0.25) is 0 Å². The van der Waals surface area contributed by atoms with Gasteiger partial charge in [0.15, 0.2) is 0 Å². The van der Waals surface area contributed by atoms with Crippen molar-refractivity contribution in [2.45, 2.75) is 26.8 Å². The summed E-state index contributed by atoms with van der Waals surface area (Å²) in [5.41, 5.74) is 6.46. The molecule has 0 aliphatic carbocycles. The molecule has 0 aliphatic heterocycles. The Morgan fingerprint density at radius 1 is 1.47 bits per heavy atom. The summed E-state index contributed by atoms with van der Waals surface area (Å²) in [7, 11) is 0. The summed E-state index contributed by atoms with van der Waals surface area (Å²) >= 11 is 0. The number of nitrogens with two attached hydrogens (primary N) is 1. The van der Waals surface area contributed by atoms with Crippen LogP contribution in [0.15, 0.2) is 30.2 Å². The zero-order valence-corrected chi connectivity index (χ0v) is 9.44. The largest absolute Gasteiger partial charge is 0.511 e. The van der Waals surface area contributed by atoms with Crippen LogP contribution in [-0.4, -0.2) is 16.1 Å². The summed E-state index contributed by atoms with van der Waals surface area (Å²) in [4.78, 5) is 4.09. The fourth-order valence-corrected chi connectivity index (χ4v) is 1.15. The summed E-state index contributed by atoms with van der Waals surface area (Å²) < 4.78 is 0. The average molecular weight is 206 g/mol. The van der Waals surface area contributed by atoms with E-state index in [1.165, 1.54) is 0 Å². The second kappa shape index (κ2) is 4.45. The molecule has 3 N–H and O–H groups in total.